The Morgan fingerprint density at radius 1 is 0.600 bits per heavy atom. The van der Waals surface area contributed by atoms with E-state index in [-0.39, 0.29) is 0 Å². The Balaban J connectivity index is 1.82. The highest BCUT2D eigenvalue weighted by Crippen LogP contribution is 2.33. The van der Waals surface area contributed by atoms with Crippen LogP contribution in [0.2, 0.25) is 0 Å². The molecule has 0 saturated heterocycles. The largest absolute Gasteiger partial charge is 0.224 e. The maximum absolute atomic E-state index is 4.73. The Labute approximate surface area is 142 Å². The van der Waals surface area contributed by atoms with Crippen LogP contribution in [-0.2, 0) is 0 Å². The molecular weight excluding hydrogens is 308 g/mol. The predicted molar refractivity (Wildman–Crippen MR) is 102 cm³/mol. The summed E-state index contributed by atoms with van der Waals surface area (Å²) in [5.74, 6) is 0. The third-order valence-electron chi connectivity index (χ3n) is 4.95. The molecule has 4 heteroatoms. The van der Waals surface area contributed by atoms with Crippen LogP contribution in [0.15, 0.2) is 66.7 Å². The molecule has 0 bridgehead atoms. The minimum atomic E-state index is 0.651. The topological polar surface area (TPSA) is 54.5 Å². The lowest BCUT2D eigenvalue weighted by Crippen LogP contribution is -1.86. The molecule has 0 radical (unpaired) electrons. The highest BCUT2D eigenvalue weighted by molar-refractivity contribution is 6.18. The van der Waals surface area contributed by atoms with E-state index in [0.717, 1.165) is 21.8 Å². The van der Waals surface area contributed by atoms with Gasteiger partial charge in [0.1, 0.15) is 5.52 Å². The van der Waals surface area contributed by atoms with Crippen molar-refractivity contribution < 1.29 is 0 Å². The molecule has 0 atom stereocenters. The number of aromatic nitrogens is 4. The molecular formula is C21H12N4. The molecule has 2 aromatic heterocycles. The maximum Gasteiger partial charge on any atom is 0.202 e. The van der Waals surface area contributed by atoms with Crippen molar-refractivity contribution in [2.45, 2.75) is 0 Å². The molecule has 0 amide bonds. The summed E-state index contributed by atoms with van der Waals surface area (Å²) in [7, 11) is 0. The predicted octanol–water partition coefficient (Wildman–Crippen LogP) is 4.97. The van der Waals surface area contributed by atoms with Gasteiger partial charge in [0.25, 0.3) is 0 Å². The SMILES string of the molecule is c1ccc2cc3c(ccc4c3ccc3cc5n[nH]nc5nc34)cc2c1. The summed E-state index contributed by atoms with van der Waals surface area (Å²) < 4.78 is 0. The van der Waals surface area contributed by atoms with Gasteiger partial charge in [0.05, 0.1) is 5.52 Å². The Kier molecular flexibility index (Phi) is 2.32. The lowest BCUT2D eigenvalue weighted by Gasteiger charge is -2.08. The molecule has 116 valence electrons. The van der Waals surface area contributed by atoms with Crippen LogP contribution in [0.3, 0.4) is 0 Å². The fraction of sp³-hybridized carbons (Fsp3) is 0. The minimum absolute atomic E-state index is 0.651. The van der Waals surface area contributed by atoms with Crippen molar-refractivity contribution in [1.82, 2.24) is 20.4 Å². The van der Waals surface area contributed by atoms with E-state index in [9.17, 15) is 0 Å². The number of rotatable bonds is 0. The van der Waals surface area contributed by atoms with E-state index >= 15 is 0 Å². The second-order valence-electron chi connectivity index (χ2n) is 6.37. The number of aromatic amines is 1. The first-order chi connectivity index (χ1) is 12.4. The molecule has 0 fully saturated rings. The van der Waals surface area contributed by atoms with E-state index in [0.29, 0.717) is 5.65 Å². The summed E-state index contributed by atoms with van der Waals surface area (Å²) in [6, 6.07) is 23.7. The first-order valence-electron chi connectivity index (χ1n) is 8.22. The van der Waals surface area contributed by atoms with Crippen LogP contribution in [0.1, 0.15) is 0 Å². The molecule has 25 heavy (non-hydrogen) atoms. The molecule has 6 rings (SSSR count). The highest BCUT2D eigenvalue weighted by atomic mass is 15.3. The van der Waals surface area contributed by atoms with E-state index in [1.54, 1.807) is 0 Å². The van der Waals surface area contributed by atoms with Crippen LogP contribution in [0.5, 0.6) is 0 Å². The van der Waals surface area contributed by atoms with Crippen molar-refractivity contribution in [3.63, 3.8) is 0 Å². The fourth-order valence-electron chi connectivity index (χ4n) is 3.74. The van der Waals surface area contributed by atoms with E-state index in [4.69, 9.17) is 4.98 Å². The van der Waals surface area contributed by atoms with Gasteiger partial charge in [-0.25, -0.2) is 4.98 Å². The maximum atomic E-state index is 4.73. The number of pyridine rings is 1. The third kappa shape index (κ3) is 1.73. The average Bonchev–Trinajstić information content (AvgIpc) is 3.11. The van der Waals surface area contributed by atoms with Gasteiger partial charge in [-0.1, -0.05) is 48.5 Å². The zero-order chi connectivity index (χ0) is 16.4. The number of hydrogen-bond donors (Lipinski definition) is 1. The zero-order valence-electron chi connectivity index (χ0n) is 13.2. The molecule has 0 spiro atoms. The summed E-state index contributed by atoms with van der Waals surface area (Å²) in [4.78, 5) is 4.73. The van der Waals surface area contributed by atoms with Crippen LogP contribution in [0.25, 0.3) is 54.4 Å². The van der Waals surface area contributed by atoms with E-state index in [1.807, 2.05) is 6.07 Å². The molecule has 2 heterocycles. The lowest BCUT2D eigenvalue weighted by atomic mass is 9.97. The summed E-state index contributed by atoms with van der Waals surface area (Å²) in [5, 5.41) is 19.4. The molecule has 4 nitrogen and oxygen atoms in total. The van der Waals surface area contributed by atoms with Crippen molar-refractivity contribution in [3.8, 4) is 0 Å². The Morgan fingerprint density at radius 3 is 2.32 bits per heavy atom. The summed E-state index contributed by atoms with van der Waals surface area (Å²) in [6.45, 7) is 0. The average molecular weight is 320 g/mol. The number of nitrogens with zero attached hydrogens (tertiary/aromatic N) is 3. The van der Waals surface area contributed by atoms with Crippen LogP contribution in [0.4, 0.5) is 0 Å². The summed E-state index contributed by atoms with van der Waals surface area (Å²) in [6.07, 6.45) is 0. The first-order valence-corrected chi connectivity index (χ1v) is 8.22. The van der Waals surface area contributed by atoms with E-state index in [2.05, 4.69) is 76.1 Å². The molecule has 6 aromatic rings. The first kappa shape index (κ1) is 12.8. The van der Waals surface area contributed by atoms with Gasteiger partial charge in [0, 0.05) is 10.8 Å². The van der Waals surface area contributed by atoms with Crippen molar-refractivity contribution in [1.29, 1.82) is 0 Å². The lowest BCUT2D eigenvalue weighted by molar-refractivity contribution is 0.955. The van der Waals surface area contributed by atoms with Crippen molar-refractivity contribution >= 4 is 54.4 Å². The molecule has 1 N–H and O–H groups in total. The van der Waals surface area contributed by atoms with Crippen LogP contribution >= 0.6 is 0 Å². The van der Waals surface area contributed by atoms with Crippen LogP contribution < -0.4 is 0 Å². The Bertz CT molecular complexity index is 1450. The molecule has 0 aliphatic heterocycles. The fourth-order valence-corrected chi connectivity index (χ4v) is 3.74. The number of fused-ring (bicyclic) bond motifs is 7. The molecule has 0 aliphatic rings. The molecule has 0 unspecified atom stereocenters. The second-order valence-corrected chi connectivity index (χ2v) is 6.37. The van der Waals surface area contributed by atoms with Crippen molar-refractivity contribution in [2.75, 3.05) is 0 Å². The van der Waals surface area contributed by atoms with E-state index < -0.39 is 0 Å². The van der Waals surface area contributed by atoms with Gasteiger partial charge < -0.3 is 0 Å². The number of benzene rings is 4. The second kappa shape index (κ2) is 4.51. The van der Waals surface area contributed by atoms with Gasteiger partial charge in [-0.2, -0.15) is 10.3 Å². The zero-order valence-corrected chi connectivity index (χ0v) is 13.2. The van der Waals surface area contributed by atoms with Gasteiger partial charge in [-0.3, -0.25) is 0 Å². The quantitative estimate of drug-likeness (QED) is 0.318. The number of nitrogens with one attached hydrogen (secondary N) is 1. The van der Waals surface area contributed by atoms with Crippen LogP contribution in [-0.4, -0.2) is 20.4 Å². The molecule has 0 saturated carbocycles. The smallest absolute Gasteiger partial charge is 0.202 e. The Morgan fingerprint density at radius 2 is 1.40 bits per heavy atom. The molecule has 4 aromatic carbocycles. The monoisotopic (exact) mass is 320 g/mol. The highest BCUT2D eigenvalue weighted by Gasteiger charge is 2.09. The molecule has 0 aliphatic carbocycles. The normalized spacial score (nSPS) is 12.0. The Hall–Kier alpha value is -3.53. The standard InChI is InChI=1S/C21H12N4/c1-2-4-13-10-18-14(9-12(13)3-1)5-8-17-16(18)7-6-15-11-19-21(22-20(15)17)24-25-23-19/h1-11H,(H,22,23,24,25). The summed E-state index contributed by atoms with van der Waals surface area (Å²) >= 11 is 0. The van der Waals surface area contributed by atoms with Gasteiger partial charge in [-0.15, -0.1) is 5.10 Å². The number of H-pyrrole nitrogens is 1. The van der Waals surface area contributed by atoms with Crippen molar-refractivity contribution in [2.24, 2.45) is 0 Å². The van der Waals surface area contributed by atoms with Crippen LogP contribution in [0, 0.1) is 0 Å². The number of hydrogen-bond acceptors (Lipinski definition) is 3. The van der Waals surface area contributed by atoms with Gasteiger partial charge in [0.15, 0.2) is 0 Å². The van der Waals surface area contributed by atoms with Gasteiger partial charge in [-0.05, 0) is 45.1 Å². The summed E-state index contributed by atoms with van der Waals surface area (Å²) in [5.41, 5.74) is 2.41. The van der Waals surface area contributed by atoms with Crippen molar-refractivity contribution in [3.05, 3.63) is 66.7 Å². The van der Waals surface area contributed by atoms with Gasteiger partial charge >= 0.3 is 0 Å². The van der Waals surface area contributed by atoms with E-state index in [1.165, 1.54) is 26.9 Å². The minimum Gasteiger partial charge on any atom is -0.224 e. The van der Waals surface area contributed by atoms with Gasteiger partial charge in [0.2, 0.25) is 5.65 Å². The third-order valence-corrected chi connectivity index (χ3v) is 4.95.